The Labute approximate surface area is 373 Å². The van der Waals surface area contributed by atoms with Crippen LogP contribution in [0, 0.1) is 55.4 Å². The van der Waals surface area contributed by atoms with Crippen molar-refractivity contribution in [2.24, 2.45) is 0 Å². The van der Waals surface area contributed by atoms with E-state index in [4.69, 9.17) is 0 Å². The van der Waals surface area contributed by atoms with Gasteiger partial charge in [0.25, 0.3) is 0 Å². The van der Waals surface area contributed by atoms with Gasteiger partial charge in [0.15, 0.2) is 11.6 Å². The summed E-state index contributed by atoms with van der Waals surface area (Å²) in [7, 11) is 0. The topological polar surface area (TPSA) is 13.0 Å². The number of hydrogen-bond acceptors (Lipinski definition) is 4. The number of aryl methyl sites for hydroxylation is 8. The normalized spacial score (nSPS) is 13.9. The van der Waals surface area contributed by atoms with Crippen LogP contribution < -0.4 is 19.6 Å². The van der Waals surface area contributed by atoms with Gasteiger partial charge in [-0.1, -0.05) is 79.7 Å². The Kier molecular flexibility index (Phi) is 11.2. The first-order chi connectivity index (χ1) is 29.4. The summed E-state index contributed by atoms with van der Waals surface area (Å²) >= 11 is 0. The second-order valence-electron chi connectivity index (χ2n) is 19.6. The summed E-state index contributed by atoms with van der Waals surface area (Å²) in [4.78, 5) is 10.3. The molecule has 0 unspecified atom stereocenters. The number of fused-ring (bicyclic) bond motifs is 2. The van der Waals surface area contributed by atoms with Crippen molar-refractivity contribution < 1.29 is 0 Å². The maximum absolute atomic E-state index is 2.57. The molecule has 6 aromatic carbocycles. The third-order valence-electron chi connectivity index (χ3n) is 13.7. The quantitative estimate of drug-likeness (QED) is 0.152. The molecule has 0 aromatic heterocycles. The molecule has 0 aliphatic carbocycles. The van der Waals surface area contributed by atoms with Crippen LogP contribution in [-0.2, 0) is 0 Å². The molecule has 0 radical (unpaired) electrons. The summed E-state index contributed by atoms with van der Waals surface area (Å²) in [6.07, 6.45) is 0. The van der Waals surface area contributed by atoms with Crippen molar-refractivity contribution in [3.63, 3.8) is 0 Å². The number of benzene rings is 6. The highest BCUT2D eigenvalue weighted by Crippen LogP contribution is 2.58. The fraction of sp³-hybridized carbons (Fsp3) is 0.345. The van der Waals surface area contributed by atoms with Gasteiger partial charge in [0, 0.05) is 22.7 Å². The van der Waals surface area contributed by atoms with Gasteiger partial charge < -0.3 is 0 Å². The molecule has 0 saturated heterocycles. The Balaban J connectivity index is 1.58. The molecular weight excluding hydrogens is 753 g/mol. The van der Waals surface area contributed by atoms with Crippen molar-refractivity contribution in [3.05, 3.63) is 175 Å². The Hall–Kier alpha value is -5.74. The van der Waals surface area contributed by atoms with Crippen LogP contribution in [-0.4, -0.2) is 0 Å². The van der Waals surface area contributed by atoms with Gasteiger partial charge in [0.05, 0.1) is 22.7 Å². The second-order valence-corrected chi connectivity index (χ2v) is 19.6. The average Bonchev–Trinajstić information content (AvgIpc) is 3.68. The van der Waals surface area contributed by atoms with Gasteiger partial charge in [-0.2, -0.15) is 0 Å². The standard InChI is InChI=1S/C58H68N4/c1-33(2)49-21-17-45(25-41(49)13)59-53-29-37(9)38(10)30-54(53)60(46-18-22-50(34(3)4)42(14)26-46)57(59)58-61(47-19-23-51(35(5)6)43(15)27-47)55-31-39(11)40(12)32-56(55)62(58)48-20-24-52(36(7)8)44(16)28-48/h17-36H,1-16H3. The third kappa shape index (κ3) is 7.20. The average molecular weight is 821 g/mol. The monoisotopic (exact) mass is 821 g/mol. The second kappa shape index (κ2) is 16.2. The summed E-state index contributed by atoms with van der Waals surface area (Å²) in [6, 6.07) is 38.2. The molecule has 2 aliphatic heterocycles. The summed E-state index contributed by atoms with van der Waals surface area (Å²) in [5, 5.41) is 0. The van der Waals surface area contributed by atoms with E-state index in [1.54, 1.807) is 0 Å². The fourth-order valence-electron chi connectivity index (χ4n) is 10.2. The first kappa shape index (κ1) is 42.9. The van der Waals surface area contributed by atoms with Crippen LogP contribution in [0.4, 0.5) is 45.5 Å². The molecule has 0 fully saturated rings. The Morgan fingerprint density at radius 1 is 0.258 bits per heavy atom. The van der Waals surface area contributed by atoms with Gasteiger partial charge in [-0.3, -0.25) is 19.6 Å². The van der Waals surface area contributed by atoms with Crippen LogP contribution in [0.3, 0.4) is 0 Å². The summed E-state index contributed by atoms with van der Waals surface area (Å²) < 4.78 is 0. The summed E-state index contributed by atoms with van der Waals surface area (Å²) in [5.41, 5.74) is 25.1. The lowest BCUT2D eigenvalue weighted by Crippen LogP contribution is -2.33. The Morgan fingerprint density at radius 2 is 0.452 bits per heavy atom. The molecule has 2 aliphatic rings. The predicted molar refractivity (Wildman–Crippen MR) is 268 cm³/mol. The zero-order valence-electron chi connectivity index (χ0n) is 40.3. The molecule has 0 N–H and O–H groups in total. The molecule has 4 heteroatoms. The van der Waals surface area contributed by atoms with Crippen molar-refractivity contribution in [3.8, 4) is 0 Å². The minimum atomic E-state index is 0.424. The van der Waals surface area contributed by atoms with E-state index in [0.29, 0.717) is 23.7 Å². The van der Waals surface area contributed by atoms with Gasteiger partial charge in [0.1, 0.15) is 0 Å². The van der Waals surface area contributed by atoms with Gasteiger partial charge in [-0.25, -0.2) is 0 Å². The van der Waals surface area contributed by atoms with Crippen LogP contribution in [0.2, 0.25) is 0 Å². The van der Waals surface area contributed by atoms with Crippen molar-refractivity contribution in [2.45, 2.75) is 134 Å². The number of hydrogen-bond donors (Lipinski definition) is 0. The molecule has 4 nitrogen and oxygen atoms in total. The molecule has 2 heterocycles. The molecule has 62 heavy (non-hydrogen) atoms. The van der Waals surface area contributed by atoms with Crippen molar-refractivity contribution in [2.75, 3.05) is 19.6 Å². The lowest BCUT2D eigenvalue weighted by atomic mass is 9.97. The first-order valence-corrected chi connectivity index (χ1v) is 23.0. The van der Waals surface area contributed by atoms with E-state index in [0.717, 1.165) is 34.4 Å². The number of nitrogens with zero attached hydrogens (tertiary/aromatic N) is 4. The molecule has 320 valence electrons. The summed E-state index contributed by atoms with van der Waals surface area (Å²) in [6.45, 7) is 36.5. The van der Waals surface area contributed by atoms with E-state index in [1.165, 1.54) is 89.5 Å². The molecule has 0 amide bonds. The maximum atomic E-state index is 2.57. The van der Waals surface area contributed by atoms with E-state index < -0.39 is 0 Å². The van der Waals surface area contributed by atoms with Crippen LogP contribution in [0.15, 0.2) is 109 Å². The zero-order chi connectivity index (χ0) is 44.6. The van der Waals surface area contributed by atoms with E-state index in [9.17, 15) is 0 Å². The minimum absolute atomic E-state index is 0.424. The lowest BCUT2D eigenvalue weighted by molar-refractivity contribution is 0.854. The van der Waals surface area contributed by atoms with E-state index in [2.05, 4.69) is 227 Å². The third-order valence-corrected chi connectivity index (χ3v) is 13.7. The van der Waals surface area contributed by atoms with E-state index >= 15 is 0 Å². The molecule has 0 bridgehead atoms. The molecule has 0 atom stereocenters. The van der Waals surface area contributed by atoms with Gasteiger partial charge in [-0.05, 0) is 219 Å². The van der Waals surface area contributed by atoms with Crippen molar-refractivity contribution in [1.29, 1.82) is 0 Å². The molecule has 0 spiro atoms. The molecule has 8 rings (SSSR count). The highest BCUT2D eigenvalue weighted by atomic mass is 15.5. The van der Waals surface area contributed by atoms with Crippen molar-refractivity contribution >= 4 is 45.5 Å². The SMILES string of the molecule is Cc1cc2c(cc1C)N(c1ccc(C(C)C)c(C)c1)C(=C1N(c3ccc(C(C)C)c(C)c3)c3cc(C)c(C)cc3N1c1ccc(C(C)C)c(C)c1)N2c1ccc(C(C)C)c(C)c1. The van der Waals surface area contributed by atoms with Crippen LogP contribution in [0.1, 0.15) is 146 Å². The first-order valence-electron chi connectivity index (χ1n) is 23.0. The predicted octanol–water partition coefficient (Wildman–Crippen LogP) is 17.1. The van der Waals surface area contributed by atoms with Crippen LogP contribution >= 0.6 is 0 Å². The molecule has 0 saturated carbocycles. The van der Waals surface area contributed by atoms with Gasteiger partial charge in [0.2, 0.25) is 0 Å². The lowest BCUT2D eigenvalue weighted by Gasteiger charge is -2.35. The maximum Gasteiger partial charge on any atom is 0.166 e. The largest absolute Gasteiger partial charge is 0.291 e. The Bertz CT molecular complexity index is 2390. The van der Waals surface area contributed by atoms with Crippen LogP contribution in [0.25, 0.3) is 0 Å². The zero-order valence-corrected chi connectivity index (χ0v) is 40.3. The van der Waals surface area contributed by atoms with E-state index in [-0.39, 0.29) is 0 Å². The van der Waals surface area contributed by atoms with Gasteiger partial charge in [-0.15, -0.1) is 0 Å². The number of rotatable bonds is 8. The fourth-order valence-corrected chi connectivity index (χ4v) is 10.2. The molecule has 6 aromatic rings. The van der Waals surface area contributed by atoms with Crippen LogP contribution in [0.5, 0.6) is 0 Å². The number of anilines is 8. The highest BCUT2D eigenvalue weighted by Gasteiger charge is 2.45. The molecular formula is C58H68N4. The van der Waals surface area contributed by atoms with Gasteiger partial charge >= 0.3 is 0 Å². The Morgan fingerprint density at radius 3 is 0.613 bits per heavy atom. The summed E-state index contributed by atoms with van der Waals surface area (Å²) in [5.74, 6) is 3.89. The van der Waals surface area contributed by atoms with E-state index in [1.807, 2.05) is 0 Å². The smallest absolute Gasteiger partial charge is 0.166 e. The minimum Gasteiger partial charge on any atom is -0.291 e. The van der Waals surface area contributed by atoms with Crippen molar-refractivity contribution in [1.82, 2.24) is 0 Å². The highest BCUT2D eigenvalue weighted by molar-refractivity contribution is 6.01.